The summed E-state index contributed by atoms with van der Waals surface area (Å²) in [6.45, 7) is 5.54. The zero-order chi connectivity index (χ0) is 13.5. The summed E-state index contributed by atoms with van der Waals surface area (Å²) in [7, 11) is 0. The van der Waals surface area contributed by atoms with Crippen LogP contribution in [0.1, 0.15) is 37.1 Å². The molecule has 2 aliphatic carbocycles. The van der Waals surface area contributed by atoms with Crippen molar-refractivity contribution < 1.29 is 0 Å². The van der Waals surface area contributed by atoms with Gasteiger partial charge in [-0.25, -0.2) is 0 Å². The first-order valence-corrected chi connectivity index (χ1v) is 8.19. The molecule has 1 aliphatic heterocycles. The maximum atomic E-state index is 4.70. The molecule has 0 aromatic carbocycles. The zero-order valence-electron chi connectivity index (χ0n) is 12.4. The molecule has 2 atom stereocenters. The third-order valence-corrected chi connectivity index (χ3v) is 5.16. The van der Waals surface area contributed by atoms with Crippen LogP contribution in [0.5, 0.6) is 0 Å². The molecule has 0 amide bonds. The lowest BCUT2D eigenvalue weighted by molar-refractivity contribution is 0.0990. The van der Waals surface area contributed by atoms with Gasteiger partial charge in [-0.15, -0.1) is 0 Å². The first kappa shape index (κ1) is 12.8. The molecule has 0 radical (unpaired) electrons. The minimum Gasteiger partial charge on any atom is -0.311 e. The molecule has 3 fully saturated rings. The molecule has 2 unspecified atom stereocenters. The average molecular weight is 271 g/mol. The highest BCUT2D eigenvalue weighted by Crippen LogP contribution is 2.39. The first-order chi connectivity index (χ1) is 9.79. The van der Waals surface area contributed by atoms with Crippen LogP contribution >= 0.6 is 0 Å². The minimum atomic E-state index is 0.731. The Bertz CT molecular complexity index is 479. The fraction of sp³-hybridized carbons (Fsp3) is 0.706. The van der Waals surface area contributed by atoms with E-state index in [0.29, 0.717) is 0 Å². The topological polar surface area (TPSA) is 28.2 Å². The van der Waals surface area contributed by atoms with Crippen molar-refractivity contribution in [1.82, 2.24) is 15.2 Å². The molecule has 2 saturated carbocycles. The van der Waals surface area contributed by atoms with Gasteiger partial charge < -0.3 is 5.32 Å². The van der Waals surface area contributed by atoms with Crippen molar-refractivity contribution in [3.05, 3.63) is 29.6 Å². The van der Waals surface area contributed by atoms with Crippen LogP contribution in [-0.4, -0.2) is 35.1 Å². The van der Waals surface area contributed by atoms with Gasteiger partial charge >= 0.3 is 0 Å². The third-order valence-electron chi connectivity index (χ3n) is 5.16. The van der Waals surface area contributed by atoms with Crippen molar-refractivity contribution in [2.75, 3.05) is 13.1 Å². The Morgan fingerprint density at radius 2 is 2.00 bits per heavy atom. The van der Waals surface area contributed by atoms with E-state index >= 15 is 0 Å². The second kappa shape index (κ2) is 5.12. The molecule has 0 bridgehead atoms. The SMILES string of the molecule is Cc1cccc(CN2CC(C3CC3)NCC2C2CC2)n1. The third kappa shape index (κ3) is 2.75. The van der Waals surface area contributed by atoms with Gasteiger partial charge in [0.05, 0.1) is 5.69 Å². The van der Waals surface area contributed by atoms with Crippen molar-refractivity contribution in [2.24, 2.45) is 11.8 Å². The molecule has 1 saturated heterocycles. The number of rotatable bonds is 4. The molecular formula is C17H25N3. The van der Waals surface area contributed by atoms with Crippen LogP contribution in [0.25, 0.3) is 0 Å². The number of nitrogens with one attached hydrogen (secondary N) is 1. The van der Waals surface area contributed by atoms with Crippen molar-refractivity contribution in [3.63, 3.8) is 0 Å². The van der Waals surface area contributed by atoms with Gasteiger partial charge in [0.25, 0.3) is 0 Å². The Morgan fingerprint density at radius 3 is 2.70 bits per heavy atom. The van der Waals surface area contributed by atoms with E-state index in [1.807, 2.05) is 0 Å². The normalized spacial score (nSPS) is 31.4. The number of aromatic nitrogens is 1. The van der Waals surface area contributed by atoms with Crippen molar-refractivity contribution >= 4 is 0 Å². The van der Waals surface area contributed by atoms with Gasteiger partial charge in [-0.2, -0.15) is 0 Å². The largest absolute Gasteiger partial charge is 0.311 e. The van der Waals surface area contributed by atoms with E-state index in [1.54, 1.807) is 0 Å². The zero-order valence-corrected chi connectivity index (χ0v) is 12.4. The van der Waals surface area contributed by atoms with Crippen molar-refractivity contribution in [2.45, 2.75) is 51.2 Å². The van der Waals surface area contributed by atoms with Crippen molar-refractivity contribution in [1.29, 1.82) is 0 Å². The molecule has 4 rings (SSSR count). The molecule has 3 heteroatoms. The highest BCUT2D eigenvalue weighted by molar-refractivity contribution is 5.11. The highest BCUT2D eigenvalue weighted by atomic mass is 15.2. The van der Waals surface area contributed by atoms with E-state index < -0.39 is 0 Å². The van der Waals surface area contributed by atoms with E-state index in [9.17, 15) is 0 Å². The van der Waals surface area contributed by atoms with Gasteiger partial charge in [-0.3, -0.25) is 9.88 Å². The predicted molar refractivity (Wildman–Crippen MR) is 80.4 cm³/mol. The summed E-state index contributed by atoms with van der Waals surface area (Å²) in [5.41, 5.74) is 2.38. The Balaban J connectivity index is 1.48. The maximum Gasteiger partial charge on any atom is 0.0547 e. The molecule has 3 aliphatic rings. The lowest BCUT2D eigenvalue weighted by Crippen LogP contribution is -2.57. The number of hydrogen-bond acceptors (Lipinski definition) is 3. The molecule has 108 valence electrons. The van der Waals surface area contributed by atoms with E-state index in [0.717, 1.165) is 36.2 Å². The number of piperazine rings is 1. The molecule has 0 spiro atoms. The van der Waals surface area contributed by atoms with E-state index in [1.165, 1.54) is 44.5 Å². The Kier molecular flexibility index (Phi) is 3.27. The van der Waals surface area contributed by atoms with Crippen molar-refractivity contribution in [3.8, 4) is 0 Å². The Hall–Kier alpha value is -0.930. The monoisotopic (exact) mass is 271 g/mol. The molecule has 1 N–H and O–H groups in total. The maximum absolute atomic E-state index is 4.70. The number of aryl methyl sites for hydroxylation is 1. The van der Waals surface area contributed by atoms with E-state index in [-0.39, 0.29) is 0 Å². The van der Waals surface area contributed by atoms with Gasteiger partial charge in [0.15, 0.2) is 0 Å². The summed E-state index contributed by atoms with van der Waals surface area (Å²) in [6, 6.07) is 7.89. The lowest BCUT2D eigenvalue weighted by atomic mass is 10.0. The second-order valence-electron chi connectivity index (χ2n) is 6.96. The minimum absolute atomic E-state index is 0.731. The Labute approximate surface area is 121 Å². The van der Waals surface area contributed by atoms with Crippen LogP contribution in [-0.2, 0) is 6.54 Å². The van der Waals surface area contributed by atoms with Gasteiger partial charge in [0, 0.05) is 37.4 Å². The lowest BCUT2D eigenvalue weighted by Gasteiger charge is -2.41. The fourth-order valence-electron chi connectivity index (χ4n) is 3.69. The predicted octanol–water partition coefficient (Wildman–Crippen LogP) is 2.35. The summed E-state index contributed by atoms with van der Waals surface area (Å²) >= 11 is 0. The van der Waals surface area contributed by atoms with Crippen LogP contribution in [0.3, 0.4) is 0 Å². The molecule has 1 aromatic heterocycles. The summed E-state index contributed by atoms with van der Waals surface area (Å²) in [5.74, 6) is 1.88. The Morgan fingerprint density at radius 1 is 1.20 bits per heavy atom. The molecule has 1 aromatic rings. The summed E-state index contributed by atoms with van der Waals surface area (Å²) in [4.78, 5) is 7.43. The molecule has 20 heavy (non-hydrogen) atoms. The summed E-state index contributed by atoms with van der Waals surface area (Å²) < 4.78 is 0. The number of pyridine rings is 1. The molecule has 2 heterocycles. The summed E-state index contributed by atoms with van der Waals surface area (Å²) in [5, 5.41) is 3.82. The molecule has 3 nitrogen and oxygen atoms in total. The highest BCUT2D eigenvalue weighted by Gasteiger charge is 2.42. The standard InChI is InChI=1S/C17H25N3/c1-12-3-2-4-15(19-12)10-20-11-16(13-5-6-13)18-9-17(20)14-7-8-14/h2-4,13-14,16-18H,5-11H2,1H3. The molecular weight excluding hydrogens is 246 g/mol. The van der Waals surface area contributed by atoms with Crippen LogP contribution in [0, 0.1) is 18.8 Å². The summed E-state index contributed by atoms with van der Waals surface area (Å²) in [6.07, 6.45) is 5.72. The second-order valence-corrected chi connectivity index (χ2v) is 6.96. The number of nitrogens with zero attached hydrogens (tertiary/aromatic N) is 2. The van der Waals surface area contributed by atoms with Gasteiger partial charge in [-0.1, -0.05) is 6.07 Å². The van der Waals surface area contributed by atoms with Gasteiger partial charge in [0.2, 0.25) is 0 Å². The fourth-order valence-corrected chi connectivity index (χ4v) is 3.69. The average Bonchev–Trinajstić information content (AvgIpc) is 3.30. The van der Waals surface area contributed by atoms with Crippen LogP contribution in [0.4, 0.5) is 0 Å². The van der Waals surface area contributed by atoms with E-state index in [4.69, 9.17) is 4.98 Å². The van der Waals surface area contributed by atoms with Crippen LogP contribution in [0.2, 0.25) is 0 Å². The smallest absolute Gasteiger partial charge is 0.0547 e. The van der Waals surface area contributed by atoms with Crippen LogP contribution < -0.4 is 5.32 Å². The van der Waals surface area contributed by atoms with E-state index in [2.05, 4.69) is 35.3 Å². The quantitative estimate of drug-likeness (QED) is 0.911. The van der Waals surface area contributed by atoms with Gasteiger partial charge in [0.1, 0.15) is 0 Å². The van der Waals surface area contributed by atoms with Crippen LogP contribution in [0.15, 0.2) is 18.2 Å². The first-order valence-electron chi connectivity index (χ1n) is 8.19. The van der Waals surface area contributed by atoms with Gasteiger partial charge in [-0.05, 0) is 56.6 Å². The number of hydrogen-bond donors (Lipinski definition) is 1.